The standard InChI is InChI=1S/C19H23N3O2/c1-24-18-4-2-3-17(11-18)19(23)21-12-16-7-10-22(14-16)13-15-5-8-20-9-6-15/h2-6,8-9,11,16H,7,10,12-14H2,1H3,(H,21,23)/t16-/m0/s1. The van der Waals surface area contributed by atoms with E-state index < -0.39 is 0 Å². The van der Waals surface area contributed by atoms with Crippen molar-refractivity contribution >= 4 is 5.91 Å². The summed E-state index contributed by atoms with van der Waals surface area (Å²) in [6, 6.07) is 11.3. The first kappa shape index (κ1) is 16.5. The fourth-order valence-electron chi connectivity index (χ4n) is 3.07. The van der Waals surface area contributed by atoms with Gasteiger partial charge in [0.1, 0.15) is 5.75 Å². The van der Waals surface area contributed by atoms with E-state index in [1.165, 1.54) is 5.56 Å². The van der Waals surface area contributed by atoms with Crippen molar-refractivity contribution in [2.24, 2.45) is 5.92 Å². The Morgan fingerprint density at radius 2 is 2.17 bits per heavy atom. The summed E-state index contributed by atoms with van der Waals surface area (Å²) in [6.45, 7) is 3.74. The van der Waals surface area contributed by atoms with Crippen molar-refractivity contribution < 1.29 is 9.53 Å². The van der Waals surface area contributed by atoms with Gasteiger partial charge in [0.15, 0.2) is 0 Å². The Balaban J connectivity index is 1.46. The lowest BCUT2D eigenvalue weighted by molar-refractivity contribution is 0.0947. The Bertz CT molecular complexity index is 675. The van der Waals surface area contributed by atoms with Gasteiger partial charge in [-0.15, -0.1) is 0 Å². The van der Waals surface area contributed by atoms with Crippen LogP contribution in [0.3, 0.4) is 0 Å². The first-order valence-electron chi connectivity index (χ1n) is 8.28. The Morgan fingerprint density at radius 1 is 1.33 bits per heavy atom. The second kappa shape index (κ2) is 7.93. The summed E-state index contributed by atoms with van der Waals surface area (Å²) in [5.74, 6) is 1.16. The zero-order valence-corrected chi connectivity index (χ0v) is 13.9. The molecule has 1 aliphatic heterocycles. The van der Waals surface area contributed by atoms with Crippen LogP contribution in [0.2, 0.25) is 0 Å². The van der Waals surface area contributed by atoms with E-state index in [2.05, 4.69) is 27.3 Å². The van der Waals surface area contributed by atoms with E-state index in [-0.39, 0.29) is 5.91 Å². The molecule has 1 fully saturated rings. The third-order valence-electron chi connectivity index (χ3n) is 4.41. The van der Waals surface area contributed by atoms with Gasteiger partial charge in [0, 0.05) is 37.6 Å². The highest BCUT2D eigenvalue weighted by atomic mass is 16.5. The Kier molecular flexibility index (Phi) is 5.43. The third-order valence-corrected chi connectivity index (χ3v) is 4.41. The van der Waals surface area contributed by atoms with Crippen LogP contribution in [-0.2, 0) is 6.54 Å². The molecule has 5 heteroatoms. The lowest BCUT2D eigenvalue weighted by Crippen LogP contribution is -2.31. The van der Waals surface area contributed by atoms with E-state index in [1.807, 2.05) is 30.6 Å². The fraction of sp³-hybridized carbons (Fsp3) is 0.368. The fourth-order valence-corrected chi connectivity index (χ4v) is 3.07. The number of hydrogen-bond donors (Lipinski definition) is 1. The molecule has 0 radical (unpaired) electrons. The Morgan fingerprint density at radius 3 is 2.96 bits per heavy atom. The normalized spacial score (nSPS) is 17.6. The van der Waals surface area contributed by atoms with Gasteiger partial charge >= 0.3 is 0 Å². The molecular formula is C19H23N3O2. The number of hydrogen-bond acceptors (Lipinski definition) is 4. The molecule has 1 amide bonds. The van der Waals surface area contributed by atoms with Crippen LogP contribution in [0, 0.1) is 5.92 Å². The molecular weight excluding hydrogens is 302 g/mol. The van der Waals surface area contributed by atoms with Crippen LogP contribution < -0.4 is 10.1 Å². The first-order chi connectivity index (χ1) is 11.7. The van der Waals surface area contributed by atoms with Gasteiger partial charge < -0.3 is 10.1 Å². The van der Waals surface area contributed by atoms with Crippen molar-refractivity contribution in [2.75, 3.05) is 26.7 Å². The Labute approximate surface area is 142 Å². The maximum Gasteiger partial charge on any atom is 0.251 e. The largest absolute Gasteiger partial charge is 0.497 e. The van der Waals surface area contributed by atoms with Gasteiger partial charge in [0.25, 0.3) is 5.91 Å². The van der Waals surface area contributed by atoms with E-state index >= 15 is 0 Å². The smallest absolute Gasteiger partial charge is 0.251 e. The van der Waals surface area contributed by atoms with Crippen molar-refractivity contribution in [3.05, 3.63) is 59.9 Å². The zero-order chi connectivity index (χ0) is 16.8. The molecule has 2 aromatic rings. The van der Waals surface area contributed by atoms with Gasteiger partial charge in [0.05, 0.1) is 7.11 Å². The molecule has 126 valence electrons. The monoisotopic (exact) mass is 325 g/mol. The molecule has 5 nitrogen and oxygen atoms in total. The van der Waals surface area contributed by atoms with Gasteiger partial charge in [0.2, 0.25) is 0 Å². The number of nitrogens with one attached hydrogen (secondary N) is 1. The molecule has 1 aromatic heterocycles. The maximum absolute atomic E-state index is 12.3. The molecule has 1 N–H and O–H groups in total. The predicted octanol–water partition coefficient (Wildman–Crippen LogP) is 2.34. The minimum atomic E-state index is -0.0403. The predicted molar refractivity (Wildman–Crippen MR) is 92.9 cm³/mol. The van der Waals surface area contributed by atoms with Crippen molar-refractivity contribution in [3.8, 4) is 5.75 Å². The van der Waals surface area contributed by atoms with Gasteiger partial charge in [-0.1, -0.05) is 6.07 Å². The third kappa shape index (κ3) is 4.32. The summed E-state index contributed by atoms with van der Waals surface area (Å²) < 4.78 is 5.16. The van der Waals surface area contributed by atoms with Crippen LogP contribution in [0.25, 0.3) is 0 Å². The van der Waals surface area contributed by atoms with Crippen molar-refractivity contribution in [3.63, 3.8) is 0 Å². The number of amides is 1. The number of methoxy groups -OCH3 is 1. The molecule has 0 unspecified atom stereocenters. The van der Waals surface area contributed by atoms with E-state index in [0.717, 1.165) is 26.1 Å². The van der Waals surface area contributed by atoms with Crippen LogP contribution in [0.15, 0.2) is 48.8 Å². The molecule has 1 aliphatic rings. The zero-order valence-electron chi connectivity index (χ0n) is 13.9. The summed E-state index contributed by atoms with van der Waals surface area (Å²) in [6.07, 6.45) is 4.78. The molecule has 24 heavy (non-hydrogen) atoms. The quantitative estimate of drug-likeness (QED) is 0.886. The number of likely N-dealkylation sites (tertiary alicyclic amines) is 1. The van der Waals surface area contributed by atoms with Gasteiger partial charge in [-0.05, 0) is 54.8 Å². The lowest BCUT2D eigenvalue weighted by Gasteiger charge is -2.16. The second-order valence-corrected chi connectivity index (χ2v) is 6.19. The lowest BCUT2D eigenvalue weighted by atomic mass is 10.1. The summed E-state index contributed by atoms with van der Waals surface area (Å²) in [5.41, 5.74) is 1.92. The van der Waals surface area contributed by atoms with Crippen molar-refractivity contribution in [2.45, 2.75) is 13.0 Å². The van der Waals surface area contributed by atoms with Crippen molar-refractivity contribution in [1.82, 2.24) is 15.2 Å². The SMILES string of the molecule is COc1cccc(C(=O)NC[C@@H]2CCN(Cc3ccncc3)C2)c1. The highest BCUT2D eigenvalue weighted by Crippen LogP contribution is 2.18. The van der Waals surface area contributed by atoms with Crippen LogP contribution in [-0.4, -0.2) is 42.5 Å². The van der Waals surface area contributed by atoms with Gasteiger partial charge in [-0.3, -0.25) is 14.7 Å². The number of aromatic nitrogens is 1. The van der Waals surface area contributed by atoms with Crippen LogP contribution in [0.4, 0.5) is 0 Å². The summed E-state index contributed by atoms with van der Waals surface area (Å²) in [5, 5.41) is 3.05. The molecule has 0 aliphatic carbocycles. The van der Waals surface area contributed by atoms with E-state index in [1.54, 1.807) is 13.2 Å². The average Bonchev–Trinajstić information content (AvgIpc) is 3.08. The summed E-state index contributed by atoms with van der Waals surface area (Å²) in [4.78, 5) is 18.7. The number of benzene rings is 1. The van der Waals surface area contributed by atoms with E-state index in [0.29, 0.717) is 23.8 Å². The number of pyridine rings is 1. The van der Waals surface area contributed by atoms with Crippen LogP contribution in [0.1, 0.15) is 22.3 Å². The molecule has 1 saturated heterocycles. The summed E-state index contributed by atoms with van der Waals surface area (Å²) >= 11 is 0. The van der Waals surface area contributed by atoms with Crippen LogP contribution in [0.5, 0.6) is 5.75 Å². The number of ether oxygens (including phenoxy) is 1. The van der Waals surface area contributed by atoms with Gasteiger partial charge in [-0.25, -0.2) is 0 Å². The molecule has 3 rings (SSSR count). The molecule has 2 heterocycles. The first-order valence-corrected chi connectivity index (χ1v) is 8.28. The summed E-state index contributed by atoms with van der Waals surface area (Å²) in [7, 11) is 1.60. The average molecular weight is 325 g/mol. The number of nitrogens with zero attached hydrogens (tertiary/aromatic N) is 2. The molecule has 0 saturated carbocycles. The number of rotatable bonds is 6. The molecule has 1 atom stereocenters. The second-order valence-electron chi connectivity index (χ2n) is 6.19. The highest BCUT2D eigenvalue weighted by Gasteiger charge is 2.23. The maximum atomic E-state index is 12.3. The minimum Gasteiger partial charge on any atom is -0.497 e. The molecule has 1 aromatic carbocycles. The number of carbonyl (C=O) groups is 1. The molecule has 0 bridgehead atoms. The van der Waals surface area contributed by atoms with Crippen LogP contribution >= 0.6 is 0 Å². The van der Waals surface area contributed by atoms with E-state index in [9.17, 15) is 4.79 Å². The van der Waals surface area contributed by atoms with Crippen molar-refractivity contribution in [1.29, 1.82) is 0 Å². The number of carbonyl (C=O) groups excluding carboxylic acids is 1. The van der Waals surface area contributed by atoms with E-state index in [4.69, 9.17) is 4.74 Å². The highest BCUT2D eigenvalue weighted by molar-refractivity contribution is 5.94. The Hall–Kier alpha value is -2.40. The van der Waals surface area contributed by atoms with Gasteiger partial charge in [-0.2, -0.15) is 0 Å². The molecule has 0 spiro atoms. The topological polar surface area (TPSA) is 54.5 Å². The minimum absolute atomic E-state index is 0.0403.